The van der Waals surface area contributed by atoms with E-state index in [9.17, 15) is 14.4 Å². The standard InChI is InChI=1S/C24H28N4O3S/c1-5-9-21(29)25-18-12-14-20(15-13-18)32-17(3)23(30)26-22-16(2)27(4)28(24(22)31)19-10-7-6-8-11-19/h6-8,10-15,17H,5,9H2,1-4H3,(H,25,29)(H,26,30). The first-order valence-electron chi connectivity index (χ1n) is 10.5. The molecule has 3 rings (SSSR count). The van der Waals surface area contributed by atoms with E-state index >= 15 is 0 Å². The Hall–Kier alpha value is -3.26. The summed E-state index contributed by atoms with van der Waals surface area (Å²) in [6.07, 6.45) is 1.28. The maximum absolute atomic E-state index is 13.0. The van der Waals surface area contributed by atoms with Crippen molar-refractivity contribution >= 4 is 35.0 Å². The number of benzene rings is 2. The number of aromatic nitrogens is 2. The summed E-state index contributed by atoms with van der Waals surface area (Å²) < 4.78 is 3.27. The average molecular weight is 453 g/mol. The highest BCUT2D eigenvalue weighted by molar-refractivity contribution is 8.00. The SMILES string of the molecule is CCCC(=O)Nc1ccc(SC(C)C(=O)Nc2c(C)n(C)n(-c3ccccc3)c2=O)cc1. The first-order chi connectivity index (χ1) is 15.3. The zero-order valence-corrected chi connectivity index (χ0v) is 19.5. The minimum atomic E-state index is -0.417. The van der Waals surface area contributed by atoms with Crippen molar-refractivity contribution in [3.63, 3.8) is 0 Å². The van der Waals surface area contributed by atoms with Gasteiger partial charge in [-0.05, 0) is 56.7 Å². The highest BCUT2D eigenvalue weighted by Crippen LogP contribution is 2.26. The van der Waals surface area contributed by atoms with Crippen LogP contribution in [0.5, 0.6) is 0 Å². The lowest BCUT2D eigenvalue weighted by Gasteiger charge is -2.12. The van der Waals surface area contributed by atoms with Crippen LogP contribution in [0.2, 0.25) is 0 Å². The van der Waals surface area contributed by atoms with Crippen LogP contribution in [0.25, 0.3) is 5.69 Å². The second kappa shape index (κ2) is 10.4. The number of carbonyl (C=O) groups is 2. The summed E-state index contributed by atoms with van der Waals surface area (Å²) in [6, 6.07) is 16.7. The molecule has 1 atom stereocenters. The van der Waals surface area contributed by atoms with Gasteiger partial charge >= 0.3 is 0 Å². The summed E-state index contributed by atoms with van der Waals surface area (Å²) in [5, 5.41) is 5.24. The van der Waals surface area contributed by atoms with Crippen molar-refractivity contribution in [1.29, 1.82) is 0 Å². The molecule has 2 N–H and O–H groups in total. The lowest BCUT2D eigenvalue weighted by molar-refractivity contribution is -0.116. The van der Waals surface area contributed by atoms with Crippen LogP contribution in [0.4, 0.5) is 11.4 Å². The number of carbonyl (C=O) groups excluding carboxylic acids is 2. The van der Waals surface area contributed by atoms with E-state index in [2.05, 4.69) is 10.6 Å². The Morgan fingerprint density at radius 2 is 1.69 bits per heavy atom. The monoisotopic (exact) mass is 452 g/mol. The van der Waals surface area contributed by atoms with Crippen molar-refractivity contribution in [2.45, 2.75) is 43.8 Å². The van der Waals surface area contributed by atoms with Gasteiger partial charge in [0.15, 0.2) is 0 Å². The molecule has 0 aliphatic heterocycles. The highest BCUT2D eigenvalue weighted by atomic mass is 32.2. The first-order valence-corrected chi connectivity index (χ1v) is 11.4. The Bertz CT molecular complexity index is 1150. The second-order valence-corrected chi connectivity index (χ2v) is 8.92. The number of anilines is 2. The molecule has 2 amide bonds. The molecular weight excluding hydrogens is 424 g/mol. The van der Waals surface area contributed by atoms with Gasteiger partial charge in [-0.1, -0.05) is 25.1 Å². The van der Waals surface area contributed by atoms with Gasteiger partial charge in [0.1, 0.15) is 5.69 Å². The topological polar surface area (TPSA) is 85.1 Å². The van der Waals surface area contributed by atoms with Crippen molar-refractivity contribution in [3.05, 3.63) is 70.6 Å². The molecule has 0 aliphatic rings. The number of amides is 2. The number of hydrogen-bond acceptors (Lipinski definition) is 4. The third-order valence-electron chi connectivity index (χ3n) is 5.10. The maximum atomic E-state index is 13.0. The van der Waals surface area contributed by atoms with Crippen LogP contribution < -0.4 is 16.2 Å². The molecule has 0 bridgehead atoms. The Balaban J connectivity index is 1.69. The number of nitrogens with one attached hydrogen (secondary N) is 2. The number of rotatable bonds is 8. The van der Waals surface area contributed by atoms with Crippen molar-refractivity contribution in [2.75, 3.05) is 10.6 Å². The van der Waals surface area contributed by atoms with E-state index in [0.717, 1.165) is 22.7 Å². The molecule has 32 heavy (non-hydrogen) atoms. The summed E-state index contributed by atoms with van der Waals surface area (Å²) in [7, 11) is 1.79. The lowest BCUT2D eigenvalue weighted by Crippen LogP contribution is -2.27. The molecule has 0 saturated carbocycles. The van der Waals surface area contributed by atoms with E-state index in [1.807, 2.05) is 61.5 Å². The van der Waals surface area contributed by atoms with E-state index in [-0.39, 0.29) is 23.1 Å². The minimum Gasteiger partial charge on any atom is -0.326 e. The van der Waals surface area contributed by atoms with Gasteiger partial charge in [-0.2, -0.15) is 0 Å². The molecule has 3 aromatic rings. The second-order valence-electron chi connectivity index (χ2n) is 7.51. The van der Waals surface area contributed by atoms with Gasteiger partial charge in [-0.3, -0.25) is 19.1 Å². The van der Waals surface area contributed by atoms with Crippen LogP contribution in [0.15, 0.2) is 64.3 Å². The normalized spacial score (nSPS) is 11.8. The predicted molar refractivity (Wildman–Crippen MR) is 130 cm³/mol. The van der Waals surface area contributed by atoms with Crippen LogP contribution >= 0.6 is 11.8 Å². The van der Waals surface area contributed by atoms with Gasteiger partial charge in [0.2, 0.25) is 11.8 Å². The molecule has 0 radical (unpaired) electrons. The lowest BCUT2D eigenvalue weighted by atomic mass is 10.3. The molecule has 8 heteroatoms. The number of para-hydroxylation sites is 1. The molecule has 168 valence electrons. The molecule has 1 heterocycles. The third-order valence-corrected chi connectivity index (χ3v) is 6.21. The number of nitrogens with zero attached hydrogens (tertiary/aromatic N) is 2. The van der Waals surface area contributed by atoms with Crippen LogP contribution in [0, 0.1) is 6.92 Å². The molecule has 1 aromatic heterocycles. The largest absolute Gasteiger partial charge is 0.326 e. The van der Waals surface area contributed by atoms with Gasteiger partial charge in [0, 0.05) is 24.1 Å². The zero-order valence-electron chi connectivity index (χ0n) is 18.7. The molecule has 0 saturated heterocycles. The summed E-state index contributed by atoms with van der Waals surface area (Å²) in [6.45, 7) is 5.56. The molecule has 1 unspecified atom stereocenters. The number of thioether (sulfide) groups is 1. The molecule has 0 spiro atoms. The summed E-state index contributed by atoms with van der Waals surface area (Å²) >= 11 is 1.39. The Morgan fingerprint density at radius 1 is 1.03 bits per heavy atom. The van der Waals surface area contributed by atoms with Crippen molar-refractivity contribution in [2.24, 2.45) is 7.05 Å². The predicted octanol–water partition coefficient (Wildman–Crippen LogP) is 4.34. The van der Waals surface area contributed by atoms with Gasteiger partial charge in [0.05, 0.1) is 16.6 Å². The maximum Gasteiger partial charge on any atom is 0.295 e. The highest BCUT2D eigenvalue weighted by Gasteiger charge is 2.21. The average Bonchev–Trinajstić information content (AvgIpc) is 2.99. The van der Waals surface area contributed by atoms with E-state index in [0.29, 0.717) is 12.1 Å². The summed E-state index contributed by atoms with van der Waals surface area (Å²) in [5.41, 5.74) is 2.15. The zero-order chi connectivity index (χ0) is 23.3. The van der Waals surface area contributed by atoms with Crippen molar-refractivity contribution in [1.82, 2.24) is 9.36 Å². The molecule has 0 fully saturated rings. The number of hydrogen-bond donors (Lipinski definition) is 2. The molecule has 0 aliphatic carbocycles. The minimum absolute atomic E-state index is 0.0139. The van der Waals surface area contributed by atoms with Gasteiger partial charge in [-0.15, -0.1) is 11.8 Å². The van der Waals surface area contributed by atoms with Crippen molar-refractivity contribution < 1.29 is 9.59 Å². The fourth-order valence-corrected chi connectivity index (χ4v) is 4.13. The Morgan fingerprint density at radius 3 is 2.31 bits per heavy atom. The fourth-order valence-electron chi connectivity index (χ4n) is 3.26. The third kappa shape index (κ3) is 5.31. The van der Waals surface area contributed by atoms with E-state index in [1.54, 1.807) is 25.6 Å². The van der Waals surface area contributed by atoms with Gasteiger partial charge in [-0.25, -0.2) is 4.68 Å². The van der Waals surface area contributed by atoms with E-state index in [4.69, 9.17) is 0 Å². The molecule has 7 nitrogen and oxygen atoms in total. The fraction of sp³-hybridized carbons (Fsp3) is 0.292. The first kappa shape index (κ1) is 23.4. The van der Waals surface area contributed by atoms with Crippen LogP contribution in [-0.4, -0.2) is 26.4 Å². The van der Waals surface area contributed by atoms with Crippen molar-refractivity contribution in [3.8, 4) is 5.69 Å². The smallest absolute Gasteiger partial charge is 0.295 e. The quantitative estimate of drug-likeness (QED) is 0.498. The Kier molecular flexibility index (Phi) is 7.58. The summed E-state index contributed by atoms with van der Waals surface area (Å²) in [4.78, 5) is 38.4. The molecule has 2 aromatic carbocycles. The van der Waals surface area contributed by atoms with Crippen LogP contribution in [-0.2, 0) is 16.6 Å². The van der Waals surface area contributed by atoms with Gasteiger partial charge < -0.3 is 10.6 Å². The van der Waals surface area contributed by atoms with E-state index < -0.39 is 5.25 Å². The van der Waals surface area contributed by atoms with Gasteiger partial charge in [0.25, 0.3) is 5.56 Å². The van der Waals surface area contributed by atoms with Crippen LogP contribution in [0.3, 0.4) is 0 Å². The van der Waals surface area contributed by atoms with E-state index in [1.165, 1.54) is 16.4 Å². The summed E-state index contributed by atoms with van der Waals surface area (Å²) in [5.74, 6) is -0.263. The molecular formula is C24H28N4O3S. The van der Waals surface area contributed by atoms with Crippen LogP contribution in [0.1, 0.15) is 32.4 Å². The Labute approximate surface area is 191 Å².